The third-order valence-corrected chi connectivity index (χ3v) is 4.84. The van der Waals surface area contributed by atoms with Gasteiger partial charge in [-0.05, 0) is 31.1 Å². The van der Waals surface area contributed by atoms with Crippen molar-refractivity contribution < 1.29 is 9.32 Å². The lowest BCUT2D eigenvalue weighted by molar-refractivity contribution is -0.121. The van der Waals surface area contributed by atoms with Gasteiger partial charge in [-0.3, -0.25) is 10.1 Å². The van der Waals surface area contributed by atoms with Gasteiger partial charge in [-0.2, -0.15) is 4.98 Å². The Morgan fingerprint density at radius 1 is 1.26 bits per heavy atom. The molecule has 0 spiro atoms. The molecular weight excluding hydrogens is 244 g/mol. The van der Waals surface area contributed by atoms with Crippen molar-refractivity contribution in [1.29, 1.82) is 0 Å². The van der Waals surface area contributed by atoms with Gasteiger partial charge < -0.3 is 9.84 Å². The van der Waals surface area contributed by atoms with Crippen molar-refractivity contribution in [3.63, 3.8) is 0 Å². The molecule has 6 nitrogen and oxygen atoms in total. The highest BCUT2D eigenvalue weighted by Crippen LogP contribution is 2.52. The molecule has 2 N–H and O–H groups in total. The fourth-order valence-corrected chi connectivity index (χ4v) is 3.84. The molecular formula is C13H18N4O2. The normalized spacial score (nSPS) is 37.6. The van der Waals surface area contributed by atoms with Crippen molar-refractivity contribution in [1.82, 2.24) is 20.8 Å². The first kappa shape index (κ1) is 11.4. The number of carbonyl (C=O) groups is 1. The molecule has 3 aliphatic rings. The van der Waals surface area contributed by atoms with Crippen molar-refractivity contribution in [2.45, 2.75) is 37.6 Å². The highest BCUT2D eigenvalue weighted by atomic mass is 16.5. The van der Waals surface area contributed by atoms with Crippen LogP contribution in [-0.2, 0) is 4.79 Å². The Bertz CT molecular complexity index is 491. The quantitative estimate of drug-likeness (QED) is 0.821. The molecule has 19 heavy (non-hydrogen) atoms. The SMILES string of the molecule is O=C1CNC(c2nc(C3CC4CCC3C4)no2)CN1. The maximum atomic E-state index is 11.1. The lowest BCUT2D eigenvalue weighted by Crippen LogP contribution is -2.47. The summed E-state index contributed by atoms with van der Waals surface area (Å²) in [5.41, 5.74) is 0. The second-order valence-corrected chi connectivity index (χ2v) is 6.01. The Balaban J connectivity index is 1.49. The van der Waals surface area contributed by atoms with Crippen molar-refractivity contribution in [3.8, 4) is 0 Å². The topological polar surface area (TPSA) is 80.1 Å². The van der Waals surface area contributed by atoms with E-state index >= 15 is 0 Å². The van der Waals surface area contributed by atoms with Gasteiger partial charge in [0, 0.05) is 12.5 Å². The summed E-state index contributed by atoms with van der Waals surface area (Å²) in [6.07, 6.45) is 5.25. The van der Waals surface area contributed by atoms with Crippen LogP contribution >= 0.6 is 0 Å². The molecule has 2 bridgehead atoms. The molecule has 4 atom stereocenters. The van der Waals surface area contributed by atoms with Gasteiger partial charge in [-0.1, -0.05) is 11.6 Å². The summed E-state index contributed by atoms with van der Waals surface area (Å²) < 4.78 is 5.38. The summed E-state index contributed by atoms with van der Waals surface area (Å²) in [5, 5.41) is 10.1. The van der Waals surface area contributed by atoms with Crippen LogP contribution in [0.4, 0.5) is 0 Å². The minimum Gasteiger partial charge on any atom is -0.353 e. The van der Waals surface area contributed by atoms with E-state index in [-0.39, 0.29) is 11.9 Å². The summed E-state index contributed by atoms with van der Waals surface area (Å²) in [5.74, 6) is 3.63. The van der Waals surface area contributed by atoms with E-state index in [4.69, 9.17) is 4.52 Å². The average molecular weight is 262 g/mol. The van der Waals surface area contributed by atoms with Gasteiger partial charge in [0.15, 0.2) is 5.82 Å². The van der Waals surface area contributed by atoms with Crippen LogP contribution in [0.15, 0.2) is 4.52 Å². The lowest BCUT2D eigenvalue weighted by atomic mass is 9.88. The number of nitrogens with one attached hydrogen (secondary N) is 2. The average Bonchev–Trinajstić information content (AvgIpc) is 3.15. The van der Waals surface area contributed by atoms with E-state index in [1.807, 2.05) is 0 Å². The zero-order valence-corrected chi connectivity index (χ0v) is 10.8. The van der Waals surface area contributed by atoms with E-state index in [2.05, 4.69) is 20.8 Å². The minimum absolute atomic E-state index is 0.0177. The number of aromatic nitrogens is 2. The molecule has 3 fully saturated rings. The standard InChI is InChI=1S/C13H18N4O2/c18-11-6-14-10(5-15-11)13-16-12(17-19-13)9-4-7-1-2-8(9)3-7/h7-10,14H,1-6H2,(H,15,18). The van der Waals surface area contributed by atoms with Gasteiger partial charge in [0.2, 0.25) is 11.8 Å². The Hall–Kier alpha value is -1.43. The second kappa shape index (κ2) is 4.30. The van der Waals surface area contributed by atoms with Crippen LogP contribution in [0.1, 0.15) is 49.4 Å². The summed E-state index contributed by atoms with van der Waals surface area (Å²) >= 11 is 0. The van der Waals surface area contributed by atoms with Crippen molar-refractivity contribution in [2.24, 2.45) is 11.8 Å². The molecule has 1 aromatic heterocycles. The van der Waals surface area contributed by atoms with Crippen molar-refractivity contribution in [3.05, 3.63) is 11.7 Å². The molecule has 4 unspecified atom stereocenters. The van der Waals surface area contributed by atoms with Crippen LogP contribution in [0.3, 0.4) is 0 Å². The maximum absolute atomic E-state index is 11.1. The van der Waals surface area contributed by atoms with Crippen LogP contribution in [0, 0.1) is 11.8 Å². The van der Waals surface area contributed by atoms with E-state index in [1.54, 1.807) is 0 Å². The molecule has 1 aromatic rings. The molecule has 0 radical (unpaired) electrons. The molecule has 1 aliphatic heterocycles. The summed E-state index contributed by atoms with van der Waals surface area (Å²) in [7, 11) is 0. The van der Waals surface area contributed by atoms with E-state index < -0.39 is 0 Å². The molecule has 1 amide bonds. The van der Waals surface area contributed by atoms with Gasteiger partial charge in [0.1, 0.15) is 6.04 Å². The van der Waals surface area contributed by atoms with Gasteiger partial charge in [0.25, 0.3) is 0 Å². The molecule has 2 saturated carbocycles. The third kappa shape index (κ3) is 1.94. The number of piperazine rings is 1. The number of fused-ring (bicyclic) bond motifs is 2. The smallest absolute Gasteiger partial charge is 0.245 e. The minimum atomic E-state index is -0.0439. The van der Waals surface area contributed by atoms with Crippen LogP contribution < -0.4 is 10.6 Å². The number of hydrogen-bond acceptors (Lipinski definition) is 5. The number of rotatable bonds is 2. The molecule has 2 aliphatic carbocycles. The Kier molecular flexibility index (Phi) is 2.58. The fourth-order valence-electron chi connectivity index (χ4n) is 3.84. The Morgan fingerprint density at radius 3 is 2.89 bits per heavy atom. The fraction of sp³-hybridized carbons (Fsp3) is 0.769. The molecule has 4 rings (SSSR count). The number of carbonyl (C=O) groups excluding carboxylic acids is 1. The maximum Gasteiger partial charge on any atom is 0.245 e. The third-order valence-electron chi connectivity index (χ3n) is 4.84. The van der Waals surface area contributed by atoms with Crippen LogP contribution in [0.25, 0.3) is 0 Å². The van der Waals surface area contributed by atoms with Crippen LogP contribution in [-0.4, -0.2) is 29.1 Å². The first-order valence-electron chi connectivity index (χ1n) is 7.13. The predicted octanol–water partition coefficient (Wildman–Crippen LogP) is 0.734. The van der Waals surface area contributed by atoms with Gasteiger partial charge in [0.05, 0.1) is 6.54 Å². The summed E-state index contributed by atoms with van der Waals surface area (Å²) in [6.45, 7) is 0.841. The van der Waals surface area contributed by atoms with Gasteiger partial charge >= 0.3 is 0 Å². The number of nitrogens with zero attached hydrogens (tertiary/aromatic N) is 2. The zero-order valence-electron chi connectivity index (χ0n) is 10.8. The second-order valence-electron chi connectivity index (χ2n) is 6.01. The first-order chi connectivity index (χ1) is 9.29. The molecule has 2 heterocycles. The lowest BCUT2D eigenvalue weighted by Gasteiger charge is -2.20. The van der Waals surface area contributed by atoms with Crippen LogP contribution in [0.5, 0.6) is 0 Å². The zero-order chi connectivity index (χ0) is 12.8. The predicted molar refractivity (Wildman–Crippen MR) is 66.2 cm³/mol. The Morgan fingerprint density at radius 2 is 2.21 bits per heavy atom. The highest BCUT2D eigenvalue weighted by molar-refractivity contribution is 5.78. The summed E-state index contributed by atoms with van der Waals surface area (Å²) in [6, 6.07) is -0.0439. The van der Waals surface area contributed by atoms with E-state index in [1.165, 1.54) is 25.7 Å². The Labute approximate surface area is 111 Å². The van der Waals surface area contributed by atoms with Crippen molar-refractivity contribution >= 4 is 5.91 Å². The van der Waals surface area contributed by atoms with Crippen molar-refractivity contribution in [2.75, 3.05) is 13.1 Å². The van der Waals surface area contributed by atoms with Gasteiger partial charge in [-0.25, -0.2) is 0 Å². The highest BCUT2D eigenvalue weighted by Gasteiger charge is 2.42. The monoisotopic (exact) mass is 262 g/mol. The first-order valence-corrected chi connectivity index (χ1v) is 7.13. The molecule has 0 aromatic carbocycles. The van der Waals surface area contributed by atoms with E-state index in [0.29, 0.717) is 24.9 Å². The van der Waals surface area contributed by atoms with Gasteiger partial charge in [-0.15, -0.1) is 0 Å². The molecule has 102 valence electrons. The molecule has 6 heteroatoms. The van der Waals surface area contributed by atoms with Crippen LogP contribution in [0.2, 0.25) is 0 Å². The van der Waals surface area contributed by atoms with E-state index in [9.17, 15) is 4.79 Å². The van der Waals surface area contributed by atoms with E-state index in [0.717, 1.165) is 17.7 Å². The molecule has 1 saturated heterocycles. The number of hydrogen-bond donors (Lipinski definition) is 2. The summed E-state index contributed by atoms with van der Waals surface area (Å²) in [4.78, 5) is 15.7. The largest absolute Gasteiger partial charge is 0.353 e. The number of amides is 1.